The van der Waals surface area contributed by atoms with Gasteiger partial charge in [-0.1, -0.05) is 15.9 Å². The van der Waals surface area contributed by atoms with Crippen LogP contribution in [0.4, 0.5) is 0 Å². The molecule has 1 heterocycles. The molecule has 0 atom stereocenters. The molecule has 0 saturated heterocycles. The van der Waals surface area contributed by atoms with Crippen LogP contribution in [0.15, 0.2) is 39.4 Å². The van der Waals surface area contributed by atoms with E-state index in [9.17, 15) is 0 Å². The summed E-state index contributed by atoms with van der Waals surface area (Å²) in [6, 6.07) is 7.78. The molecule has 4 heteroatoms. The van der Waals surface area contributed by atoms with Crippen molar-refractivity contribution < 1.29 is 4.74 Å². The van der Waals surface area contributed by atoms with E-state index in [1.54, 1.807) is 6.20 Å². The molecule has 0 amide bonds. The van der Waals surface area contributed by atoms with Gasteiger partial charge in [0.2, 0.25) is 5.88 Å². The molecule has 0 aliphatic carbocycles. The molecule has 0 N–H and O–H groups in total. The first-order valence-corrected chi connectivity index (χ1v) is 6.71. The molecule has 0 saturated carbocycles. The molecule has 0 unspecified atom stereocenters. The SMILES string of the molecule is Cc1cc(Oc2nccc(C)c2Br)ccc1Br. The largest absolute Gasteiger partial charge is 0.438 e. The number of nitrogens with zero attached hydrogens (tertiary/aromatic N) is 1. The maximum Gasteiger partial charge on any atom is 0.233 e. The summed E-state index contributed by atoms with van der Waals surface area (Å²) in [5.41, 5.74) is 2.23. The predicted molar refractivity (Wildman–Crippen MR) is 75.6 cm³/mol. The smallest absolute Gasteiger partial charge is 0.233 e. The standard InChI is InChI=1S/C13H11Br2NO/c1-8-5-6-16-13(12(8)15)17-10-3-4-11(14)9(2)7-10/h3-7H,1-2H3. The lowest BCUT2D eigenvalue weighted by molar-refractivity contribution is 0.458. The van der Waals surface area contributed by atoms with Crippen LogP contribution >= 0.6 is 31.9 Å². The number of halogens is 2. The van der Waals surface area contributed by atoms with Gasteiger partial charge in [-0.2, -0.15) is 0 Å². The lowest BCUT2D eigenvalue weighted by Crippen LogP contribution is -1.91. The van der Waals surface area contributed by atoms with E-state index in [1.165, 1.54) is 0 Å². The number of ether oxygens (including phenoxy) is 1. The topological polar surface area (TPSA) is 22.1 Å². The Kier molecular flexibility index (Phi) is 3.84. The van der Waals surface area contributed by atoms with E-state index < -0.39 is 0 Å². The molecular formula is C13H11Br2NO. The second-order valence-corrected chi connectivity index (χ2v) is 5.41. The first-order valence-electron chi connectivity index (χ1n) is 5.13. The summed E-state index contributed by atoms with van der Waals surface area (Å²) >= 11 is 6.93. The Morgan fingerprint density at radius 2 is 1.82 bits per heavy atom. The van der Waals surface area contributed by atoms with Crippen LogP contribution < -0.4 is 4.74 Å². The molecule has 88 valence electrons. The molecular weight excluding hydrogens is 346 g/mol. The summed E-state index contributed by atoms with van der Waals surface area (Å²) in [4.78, 5) is 4.21. The van der Waals surface area contributed by atoms with Gasteiger partial charge in [0.15, 0.2) is 0 Å². The van der Waals surface area contributed by atoms with Gasteiger partial charge in [0.1, 0.15) is 5.75 Å². The maximum absolute atomic E-state index is 5.75. The highest BCUT2D eigenvalue weighted by molar-refractivity contribution is 9.10. The molecule has 0 aliphatic rings. The van der Waals surface area contributed by atoms with Crippen LogP contribution in [0.5, 0.6) is 11.6 Å². The van der Waals surface area contributed by atoms with Crippen molar-refractivity contribution in [2.75, 3.05) is 0 Å². The summed E-state index contributed by atoms with van der Waals surface area (Å²) < 4.78 is 7.71. The first-order chi connectivity index (χ1) is 8.08. The van der Waals surface area contributed by atoms with Crippen molar-refractivity contribution in [3.8, 4) is 11.6 Å². The number of aromatic nitrogens is 1. The average Bonchev–Trinajstić information content (AvgIpc) is 2.30. The number of pyridine rings is 1. The van der Waals surface area contributed by atoms with Crippen LogP contribution in [0.1, 0.15) is 11.1 Å². The fourth-order valence-electron chi connectivity index (χ4n) is 1.38. The quantitative estimate of drug-likeness (QED) is 0.754. The zero-order chi connectivity index (χ0) is 12.4. The molecule has 17 heavy (non-hydrogen) atoms. The van der Waals surface area contributed by atoms with Crippen LogP contribution in [0.2, 0.25) is 0 Å². The van der Waals surface area contributed by atoms with E-state index in [-0.39, 0.29) is 0 Å². The number of hydrogen-bond donors (Lipinski definition) is 0. The van der Waals surface area contributed by atoms with Crippen LogP contribution in [-0.2, 0) is 0 Å². The molecule has 2 aromatic rings. The van der Waals surface area contributed by atoms with Crippen molar-refractivity contribution in [2.24, 2.45) is 0 Å². The molecule has 0 spiro atoms. The number of hydrogen-bond acceptors (Lipinski definition) is 2. The van der Waals surface area contributed by atoms with E-state index in [2.05, 4.69) is 36.8 Å². The Hall–Kier alpha value is -0.870. The highest BCUT2D eigenvalue weighted by atomic mass is 79.9. The highest BCUT2D eigenvalue weighted by Crippen LogP contribution is 2.31. The highest BCUT2D eigenvalue weighted by Gasteiger charge is 2.07. The summed E-state index contributed by atoms with van der Waals surface area (Å²) in [5.74, 6) is 1.37. The second-order valence-electron chi connectivity index (χ2n) is 3.76. The molecule has 0 fully saturated rings. The monoisotopic (exact) mass is 355 g/mol. The molecule has 0 bridgehead atoms. The van der Waals surface area contributed by atoms with Gasteiger partial charge in [-0.25, -0.2) is 4.98 Å². The van der Waals surface area contributed by atoms with Gasteiger partial charge in [-0.05, 0) is 65.2 Å². The number of benzene rings is 1. The number of rotatable bonds is 2. The summed E-state index contributed by atoms with van der Waals surface area (Å²) in [6.45, 7) is 4.03. The zero-order valence-corrected chi connectivity index (χ0v) is 12.7. The van der Waals surface area contributed by atoms with Crippen LogP contribution in [0.25, 0.3) is 0 Å². The molecule has 1 aromatic heterocycles. The minimum atomic E-state index is 0.590. The molecule has 0 aliphatic heterocycles. The van der Waals surface area contributed by atoms with Gasteiger partial charge in [0.05, 0.1) is 4.47 Å². The van der Waals surface area contributed by atoms with Crippen molar-refractivity contribution in [3.63, 3.8) is 0 Å². The third-order valence-corrected chi connectivity index (χ3v) is 4.25. The summed E-state index contributed by atoms with van der Waals surface area (Å²) in [7, 11) is 0. The van der Waals surface area contributed by atoms with Gasteiger partial charge in [0, 0.05) is 10.7 Å². The van der Waals surface area contributed by atoms with E-state index >= 15 is 0 Å². The van der Waals surface area contributed by atoms with Gasteiger partial charge in [0.25, 0.3) is 0 Å². The van der Waals surface area contributed by atoms with Crippen molar-refractivity contribution in [1.82, 2.24) is 4.98 Å². The Bertz CT molecular complexity index is 555. The van der Waals surface area contributed by atoms with Gasteiger partial charge in [-0.3, -0.25) is 0 Å². The summed E-state index contributed by atoms with van der Waals surface area (Å²) in [6.07, 6.45) is 1.74. The van der Waals surface area contributed by atoms with Crippen molar-refractivity contribution in [1.29, 1.82) is 0 Å². The van der Waals surface area contributed by atoms with Gasteiger partial charge >= 0.3 is 0 Å². The van der Waals surface area contributed by atoms with Crippen molar-refractivity contribution in [3.05, 3.63) is 50.5 Å². The zero-order valence-electron chi connectivity index (χ0n) is 9.50. The molecule has 1 aromatic carbocycles. The Labute approximate surface area is 117 Å². The van der Waals surface area contributed by atoms with Gasteiger partial charge in [-0.15, -0.1) is 0 Å². The van der Waals surface area contributed by atoms with E-state index in [0.29, 0.717) is 5.88 Å². The third kappa shape index (κ3) is 2.87. The van der Waals surface area contributed by atoms with Crippen LogP contribution in [-0.4, -0.2) is 4.98 Å². The first kappa shape index (κ1) is 12.6. The second kappa shape index (κ2) is 5.19. The average molecular weight is 357 g/mol. The van der Waals surface area contributed by atoms with Crippen LogP contribution in [0, 0.1) is 13.8 Å². The summed E-state index contributed by atoms with van der Waals surface area (Å²) in [5, 5.41) is 0. The third-order valence-electron chi connectivity index (χ3n) is 2.39. The van der Waals surface area contributed by atoms with E-state index in [1.807, 2.05) is 38.1 Å². The van der Waals surface area contributed by atoms with E-state index in [4.69, 9.17) is 4.74 Å². The minimum absolute atomic E-state index is 0.590. The lowest BCUT2D eigenvalue weighted by atomic mass is 10.2. The molecule has 2 rings (SSSR count). The fraction of sp³-hybridized carbons (Fsp3) is 0.154. The maximum atomic E-state index is 5.75. The Morgan fingerprint density at radius 1 is 1.06 bits per heavy atom. The van der Waals surface area contributed by atoms with Gasteiger partial charge < -0.3 is 4.74 Å². The lowest BCUT2D eigenvalue weighted by Gasteiger charge is -2.09. The van der Waals surface area contributed by atoms with Crippen LogP contribution in [0.3, 0.4) is 0 Å². The van der Waals surface area contributed by atoms with Crippen molar-refractivity contribution >= 4 is 31.9 Å². The molecule has 2 nitrogen and oxygen atoms in total. The Balaban J connectivity index is 2.31. The Morgan fingerprint density at radius 3 is 2.53 bits per heavy atom. The minimum Gasteiger partial charge on any atom is -0.438 e. The number of aryl methyl sites for hydroxylation is 2. The fourth-order valence-corrected chi connectivity index (χ4v) is 1.94. The predicted octanol–water partition coefficient (Wildman–Crippen LogP) is 5.02. The molecule has 0 radical (unpaired) electrons. The van der Waals surface area contributed by atoms with E-state index in [0.717, 1.165) is 25.8 Å². The van der Waals surface area contributed by atoms with Crippen molar-refractivity contribution in [2.45, 2.75) is 13.8 Å². The normalized spacial score (nSPS) is 10.4.